The number of rotatable bonds is 10. The minimum atomic E-state index is 0.284. The van der Waals surface area contributed by atoms with Gasteiger partial charge in [0.05, 0.1) is 12.7 Å². The van der Waals surface area contributed by atoms with Crippen LogP contribution in [0.15, 0.2) is 6.07 Å². The predicted molar refractivity (Wildman–Crippen MR) is 85.9 cm³/mol. The quantitative estimate of drug-likeness (QED) is 0.671. The third kappa shape index (κ3) is 7.85. The molecule has 0 unspecified atom stereocenters. The fraction of sp³-hybridized carbons (Fsp3) is 0.750. The average molecular weight is 295 g/mol. The molecule has 1 rings (SSSR count). The maximum absolute atomic E-state index is 5.69. The maximum Gasteiger partial charge on any atom is 0.218 e. The Labute approximate surface area is 128 Å². The molecule has 120 valence electrons. The van der Waals surface area contributed by atoms with Gasteiger partial charge in [0.1, 0.15) is 11.6 Å². The summed E-state index contributed by atoms with van der Waals surface area (Å²) in [5.41, 5.74) is 0. The largest absolute Gasteiger partial charge is 0.477 e. The molecule has 1 N–H and O–H groups in total. The second kappa shape index (κ2) is 9.55. The molecule has 0 fully saturated rings. The highest BCUT2D eigenvalue weighted by atomic mass is 16.5. The third-order valence-electron chi connectivity index (χ3n) is 2.71. The molecular formula is C16H29N3O2. The minimum absolute atomic E-state index is 0.284. The van der Waals surface area contributed by atoms with Crippen molar-refractivity contribution in [2.75, 3.05) is 25.1 Å². The van der Waals surface area contributed by atoms with E-state index in [0.29, 0.717) is 18.4 Å². The summed E-state index contributed by atoms with van der Waals surface area (Å²) in [5.74, 6) is 2.76. The Morgan fingerprint density at radius 1 is 1.19 bits per heavy atom. The molecule has 21 heavy (non-hydrogen) atoms. The van der Waals surface area contributed by atoms with Gasteiger partial charge in [-0.2, -0.15) is 4.98 Å². The van der Waals surface area contributed by atoms with Crippen LogP contribution in [0, 0.1) is 5.92 Å². The molecule has 0 aliphatic heterocycles. The smallest absolute Gasteiger partial charge is 0.218 e. The normalized spacial score (nSPS) is 11.2. The summed E-state index contributed by atoms with van der Waals surface area (Å²) >= 11 is 0. The van der Waals surface area contributed by atoms with Crippen LogP contribution in [0.25, 0.3) is 0 Å². The number of anilines is 1. The zero-order chi connectivity index (χ0) is 15.7. The molecule has 0 aliphatic rings. The van der Waals surface area contributed by atoms with E-state index in [0.717, 1.165) is 37.6 Å². The number of hydrogen-bond donors (Lipinski definition) is 1. The Balaban J connectivity index is 2.50. The summed E-state index contributed by atoms with van der Waals surface area (Å²) in [4.78, 5) is 8.86. The average Bonchev–Trinajstić information content (AvgIpc) is 2.44. The molecule has 0 amide bonds. The van der Waals surface area contributed by atoms with Crippen molar-refractivity contribution < 1.29 is 9.47 Å². The Morgan fingerprint density at radius 3 is 2.57 bits per heavy atom. The lowest BCUT2D eigenvalue weighted by Gasteiger charge is -2.12. The lowest BCUT2D eigenvalue weighted by molar-refractivity contribution is 0.0787. The molecule has 0 aromatic carbocycles. The van der Waals surface area contributed by atoms with Crippen LogP contribution >= 0.6 is 0 Å². The molecular weight excluding hydrogens is 266 g/mol. The van der Waals surface area contributed by atoms with Gasteiger partial charge in [0.2, 0.25) is 5.88 Å². The van der Waals surface area contributed by atoms with Gasteiger partial charge in [-0.25, -0.2) is 4.98 Å². The lowest BCUT2D eigenvalue weighted by Crippen LogP contribution is -2.12. The molecule has 1 aromatic rings. The van der Waals surface area contributed by atoms with Gasteiger partial charge < -0.3 is 14.8 Å². The topological polar surface area (TPSA) is 56.3 Å². The number of ether oxygens (including phenoxy) is 2. The van der Waals surface area contributed by atoms with Crippen molar-refractivity contribution in [2.24, 2.45) is 5.92 Å². The fourth-order valence-electron chi connectivity index (χ4n) is 1.66. The van der Waals surface area contributed by atoms with E-state index in [-0.39, 0.29) is 6.10 Å². The first-order valence-electron chi connectivity index (χ1n) is 7.87. The molecule has 0 saturated heterocycles. The molecule has 0 saturated carbocycles. The van der Waals surface area contributed by atoms with Gasteiger partial charge in [0.25, 0.3) is 0 Å². The Bertz CT molecular complexity index is 409. The lowest BCUT2D eigenvalue weighted by atomic mass is 10.2. The molecule has 5 nitrogen and oxygen atoms in total. The number of aryl methyl sites for hydroxylation is 1. The van der Waals surface area contributed by atoms with E-state index in [9.17, 15) is 0 Å². The van der Waals surface area contributed by atoms with Crippen LogP contribution in [-0.2, 0) is 11.2 Å². The van der Waals surface area contributed by atoms with Crippen LogP contribution in [0.2, 0.25) is 0 Å². The van der Waals surface area contributed by atoms with Crippen molar-refractivity contribution in [2.45, 2.75) is 53.6 Å². The van der Waals surface area contributed by atoms with Gasteiger partial charge in [-0.3, -0.25) is 0 Å². The number of aromatic nitrogens is 2. The summed E-state index contributed by atoms with van der Waals surface area (Å²) in [5, 5.41) is 3.31. The van der Waals surface area contributed by atoms with Gasteiger partial charge in [-0.15, -0.1) is 0 Å². The Kier molecular flexibility index (Phi) is 8.05. The second-order valence-corrected chi connectivity index (χ2v) is 5.77. The number of hydrogen-bond acceptors (Lipinski definition) is 5. The first-order valence-corrected chi connectivity index (χ1v) is 7.87. The van der Waals surface area contributed by atoms with Crippen molar-refractivity contribution in [1.29, 1.82) is 0 Å². The molecule has 0 radical (unpaired) electrons. The van der Waals surface area contributed by atoms with Crippen LogP contribution in [0.4, 0.5) is 5.82 Å². The Hall–Kier alpha value is -1.36. The number of nitrogens with one attached hydrogen (secondary N) is 1. The molecule has 5 heteroatoms. The van der Waals surface area contributed by atoms with Gasteiger partial charge >= 0.3 is 0 Å². The summed E-state index contributed by atoms with van der Waals surface area (Å²) < 4.78 is 11.2. The van der Waals surface area contributed by atoms with Crippen LogP contribution < -0.4 is 10.1 Å². The van der Waals surface area contributed by atoms with Crippen molar-refractivity contribution in [3.8, 4) is 5.88 Å². The molecule has 1 aromatic heterocycles. The van der Waals surface area contributed by atoms with Crippen LogP contribution in [0.1, 0.15) is 46.9 Å². The van der Waals surface area contributed by atoms with Crippen LogP contribution in [-0.4, -0.2) is 35.8 Å². The zero-order valence-electron chi connectivity index (χ0n) is 14.0. The van der Waals surface area contributed by atoms with Crippen LogP contribution in [0.3, 0.4) is 0 Å². The van der Waals surface area contributed by atoms with Crippen molar-refractivity contribution in [1.82, 2.24) is 9.97 Å². The summed E-state index contributed by atoms with van der Waals surface area (Å²) in [7, 11) is 0. The van der Waals surface area contributed by atoms with Gasteiger partial charge in [0.15, 0.2) is 0 Å². The number of nitrogens with zero attached hydrogens (tertiary/aromatic N) is 2. The van der Waals surface area contributed by atoms with Gasteiger partial charge in [-0.1, -0.05) is 20.8 Å². The van der Waals surface area contributed by atoms with Crippen molar-refractivity contribution >= 4 is 5.82 Å². The van der Waals surface area contributed by atoms with Crippen LogP contribution in [0.5, 0.6) is 5.88 Å². The van der Waals surface area contributed by atoms with E-state index >= 15 is 0 Å². The summed E-state index contributed by atoms with van der Waals surface area (Å²) in [6, 6.07) is 1.87. The minimum Gasteiger partial charge on any atom is -0.477 e. The third-order valence-corrected chi connectivity index (χ3v) is 2.71. The highest BCUT2D eigenvalue weighted by Gasteiger charge is 2.05. The maximum atomic E-state index is 5.69. The monoisotopic (exact) mass is 295 g/mol. The van der Waals surface area contributed by atoms with E-state index in [2.05, 4.69) is 29.1 Å². The summed E-state index contributed by atoms with van der Waals surface area (Å²) in [6.07, 6.45) is 2.03. The molecule has 0 bridgehead atoms. The van der Waals surface area contributed by atoms with E-state index in [1.807, 2.05) is 26.8 Å². The fourth-order valence-corrected chi connectivity index (χ4v) is 1.66. The van der Waals surface area contributed by atoms with E-state index in [1.165, 1.54) is 0 Å². The van der Waals surface area contributed by atoms with E-state index in [1.54, 1.807) is 0 Å². The standard InChI is InChI=1S/C16H29N3O2/c1-6-14-18-15(17-8-7-9-20-13(4)5)10-16(19-14)21-11-12(2)3/h10,12-13H,6-9,11H2,1-5H3,(H,17,18,19). The SMILES string of the molecule is CCc1nc(NCCCOC(C)C)cc(OCC(C)C)n1. The van der Waals surface area contributed by atoms with E-state index in [4.69, 9.17) is 9.47 Å². The first-order chi connectivity index (χ1) is 10.0. The first kappa shape index (κ1) is 17.7. The molecule has 0 spiro atoms. The Morgan fingerprint density at radius 2 is 1.95 bits per heavy atom. The van der Waals surface area contributed by atoms with Gasteiger partial charge in [-0.05, 0) is 26.2 Å². The van der Waals surface area contributed by atoms with Crippen molar-refractivity contribution in [3.63, 3.8) is 0 Å². The predicted octanol–water partition coefficient (Wildman–Crippen LogP) is 3.30. The van der Waals surface area contributed by atoms with Crippen molar-refractivity contribution in [3.05, 3.63) is 11.9 Å². The van der Waals surface area contributed by atoms with E-state index < -0.39 is 0 Å². The summed E-state index contributed by atoms with van der Waals surface area (Å²) in [6.45, 7) is 12.6. The second-order valence-electron chi connectivity index (χ2n) is 5.77. The zero-order valence-corrected chi connectivity index (χ0v) is 14.0. The molecule has 1 heterocycles. The molecule has 0 aliphatic carbocycles. The van der Waals surface area contributed by atoms with Gasteiger partial charge in [0, 0.05) is 25.6 Å². The highest BCUT2D eigenvalue weighted by molar-refractivity contribution is 5.38. The molecule has 0 atom stereocenters. The highest BCUT2D eigenvalue weighted by Crippen LogP contribution is 2.15.